The van der Waals surface area contributed by atoms with Crippen LogP contribution in [0.3, 0.4) is 0 Å². The van der Waals surface area contributed by atoms with E-state index in [1.807, 2.05) is 89.9 Å². The fourth-order valence-corrected chi connectivity index (χ4v) is 4.88. The number of benzene rings is 3. The second-order valence-electron chi connectivity index (χ2n) is 8.39. The number of carbonyl (C=O) groups is 1. The van der Waals surface area contributed by atoms with E-state index >= 15 is 0 Å². The summed E-state index contributed by atoms with van der Waals surface area (Å²) in [7, 11) is 0. The van der Waals surface area contributed by atoms with Crippen molar-refractivity contribution in [3.05, 3.63) is 119 Å². The third-order valence-electron chi connectivity index (χ3n) is 5.84. The number of carbonyl (C=O) groups excluding carboxylic acids is 1. The number of anilines is 1. The molecule has 1 atom stereocenters. The van der Waals surface area contributed by atoms with Crippen LogP contribution >= 0.6 is 23.4 Å². The highest BCUT2D eigenvalue weighted by Crippen LogP contribution is 2.36. The smallest absolute Gasteiger partial charge is 0.258 e. The monoisotopic (exact) mass is 540 g/mol. The van der Waals surface area contributed by atoms with Crippen LogP contribution in [0.5, 0.6) is 0 Å². The number of hydrogen-bond donors (Lipinski definition) is 1. The van der Waals surface area contributed by atoms with Crippen LogP contribution in [-0.2, 0) is 4.79 Å². The Kier molecular flexibility index (Phi) is 6.68. The van der Waals surface area contributed by atoms with Gasteiger partial charge in [0, 0.05) is 16.8 Å². The summed E-state index contributed by atoms with van der Waals surface area (Å²) in [5, 5.41) is 9.67. The van der Waals surface area contributed by atoms with E-state index in [2.05, 4.69) is 15.4 Å². The van der Waals surface area contributed by atoms with E-state index in [4.69, 9.17) is 21.1 Å². The molecule has 1 N–H and O–H groups in total. The van der Waals surface area contributed by atoms with Crippen molar-refractivity contribution in [1.29, 1.82) is 0 Å². The van der Waals surface area contributed by atoms with Crippen LogP contribution in [0.1, 0.15) is 17.3 Å². The molecule has 0 spiro atoms. The van der Waals surface area contributed by atoms with Gasteiger partial charge in [-0.25, -0.2) is 15.0 Å². The zero-order valence-electron chi connectivity index (χ0n) is 19.9. The molecule has 0 saturated carbocycles. The number of nitrogens with one attached hydrogen (secondary N) is 1. The first-order valence-electron chi connectivity index (χ1n) is 11.8. The van der Waals surface area contributed by atoms with Crippen molar-refractivity contribution >= 4 is 52.0 Å². The molecule has 0 aliphatic carbocycles. The van der Waals surface area contributed by atoms with Gasteiger partial charge in [0.1, 0.15) is 0 Å². The highest BCUT2D eigenvalue weighted by atomic mass is 35.5. The minimum Gasteiger partial charge on any atom is -0.430 e. The van der Waals surface area contributed by atoms with Crippen LogP contribution in [-0.4, -0.2) is 32.5 Å². The summed E-state index contributed by atoms with van der Waals surface area (Å²) in [5.74, 6) is 0.464. The average molecular weight is 541 g/mol. The normalized spacial score (nSPS) is 15.1. The third-order valence-corrected chi connectivity index (χ3v) is 6.93. The van der Waals surface area contributed by atoms with Gasteiger partial charge in [-0.2, -0.15) is 4.98 Å². The van der Waals surface area contributed by atoms with Gasteiger partial charge in [-0.1, -0.05) is 84.0 Å². The Morgan fingerprint density at radius 3 is 2.42 bits per heavy atom. The van der Waals surface area contributed by atoms with Crippen molar-refractivity contribution < 1.29 is 9.21 Å². The van der Waals surface area contributed by atoms with E-state index in [0.717, 1.165) is 16.8 Å². The highest BCUT2D eigenvalue weighted by Gasteiger charge is 2.38. The number of aromatic nitrogens is 2. The Bertz CT molecular complexity index is 1560. The van der Waals surface area contributed by atoms with E-state index in [1.165, 1.54) is 11.8 Å². The highest BCUT2D eigenvalue weighted by molar-refractivity contribution is 7.99. The predicted molar refractivity (Wildman–Crippen MR) is 149 cm³/mol. The van der Waals surface area contributed by atoms with Gasteiger partial charge in [0.05, 0.1) is 11.4 Å². The molecule has 0 radical (unpaired) electrons. The maximum atomic E-state index is 13.3. The minimum atomic E-state index is -0.452. The van der Waals surface area contributed by atoms with Crippen LogP contribution in [0.2, 0.25) is 5.02 Å². The molecule has 2 aromatic heterocycles. The number of oxazole rings is 1. The lowest BCUT2D eigenvalue weighted by molar-refractivity contribution is -0.122. The number of nitrogens with zero attached hydrogens (tertiary/aromatic N) is 5. The zero-order valence-corrected chi connectivity index (χ0v) is 21.5. The molecule has 38 heavy (non-hydrogen) atoms. The predicted octanol–water partition coefficient (Wildman–Crippen LogP) is 5.88. The second kappa shape index (κ2) is 10.6. The minimum absolute atomic E-state index is 0.0874. The number of halogens is 1. The summed E-state index contributed by atoms with van der Waals surface area (Å²) in [6, 6.07) is 30.7. The number of amides is 1. The Morgan fingerprint density at radius 1 is 0.947 bits per heavy atom. The Hall–Kier alpha value is -4.34. The molecule has 1 amide bonds. The lowest BCUT2D eigenvalue weighted by Crippen LogP contribution is -2.48. The molecule has 0 saturated heterocycles. The maximum absolute atomic E-state index is 13.3. The molecular formula is C28H21ClN6O2S. The van der Waals surface area contributed by atoms with Crippen molar-refractivity contribution in [2.45, 2.75) is 11.4 Å². The first kappa shape index (κ1) is 24.0. The number of hydrazine groups is 1. The molecular weight excluding hydrogens is 520 g/mol. The number of pyridine rings is 1. The van der Waals surface area contributed by atoms with Crippen LogP contribution in [0.15, 0.2) is 118 Å². The van der Waals surface area contributed by atoms with E-state index in [1.54, 1.807) is 23.3 Å². The molecule has 1 aliphatic heterocycles. The Morgan fingerprint density at radius 2 is 1.68 bits per heavy atom. The fourth-order valence-electron chi connectivity index (χ4n) is 4.14. The molecule has 0 fully saturated rings. The molecule has 1 unspecified atom stereocenters. The van der Waals surface area contributed by atoms with Crippen molar-refractivity contribution in [2.75, 3.05) is 10.8 Å². The molecule has 188 valence electrons. The third kappa shape index (κ3) is 4.93. The molecule has 3 heterocycles. The van der Waals surface area contributed by atoms with E-state index in [0.29, 0.717) is 27.3 Å². The Labute approximate surface area is 227 Å². The number of hydrogen-bond acceptors (Lipinski definition) is 8. The topological polar surface area (TPSA) is 86.9 Å². The summed E-state index contributed by atoms with van der Waals surface area (Å²) >= 11 is 7.40. The van der Waals surface area contributed by atoms with Crippen LogP contribution < -0.4 is 10.4 Å². The van der Waals surface area contributed by atoms with Crippen molar-refractivity contribution in [1.82, 2.24) is 20.4 Å². The largest absolute Gasteiger partial charge is 0.430 e. The second-order valence-corrected chi connectivity index (χ2v) is 9.76. The van der Waals surface area contributed by atoms with Gasteiger partial charge in [0.25, 0.3) is 5.22 Å². The number of amidine groups is 1. The lowest BCUT2D eigenvalue weighted by Gasteiger charge is -2.32. The summed E-state index contributed by atoms with van der Waals surface area (Å²) in [6.45, 7) is 0. The van der Waals surface area contributed by atoms with Gasteiger partial charge >= 0.3 is 0 Å². The number of hydrazone groups is 1. The van der Waals surface area contributed by atoms with Crippen molar-refractivity contribution in [3.63, 3.8) is 0 Å². The van der Waals surface area contributed by atoms with Gasteiger partial charge in [-0.15, -0.1) is 5.10 Å². The first-order chi connectivity index (χ1) is 18.7. The summed E-state index contributed by atoms with van der Waals surface area (Å²) in [6.07, 6.45) is 1.20. The zero-order chi connectivity index (χ0) is 25.9. The van der Waals surface area contributed by atoms with E-state index in [9.17, 15) is 4.79 Å². The van der Waals surface area contributed by atoms with Crippen LogP contribution in [0.4, 0.5) is 5.69 Å². The summed E-state index contributed by atoms with van der Waals surface area (Å²) < 4.78 is 5.71. The summed E-state index contributed by atoms with van der Waals surface area (Å²) in [4.78, 5) is 21.8. The van der Waals surface area contributed by atoms with Gasteiger partial charge in [0.15, 0.2) is 23.2 Å². The van der Waals surface area contributed by atoms with Gasteiger partial charge in [-0.05, 0) is 42.0 Å². The van der Waals surface area contributed by atoms with Crippen molar-refractivity contribution in [3.8, 4) is 0 Å². The molecule has 6 rings (SSSR count). The lowest BCUT2D eigenvalue weighted by atomic mass is 10.1. The molecule has 5 aromatic rings. The van der Waals surface area contributed by atoms with Crippen molar-refractivity contribution in [2.24, 2.45) is 5.10 Å². The number of rotatable bonds is 7. The maximum Gasteiger partial charge on any atom is 0.258 e. The molecule has 10 heteroatoms. The fraction of sp³-hybridized carbons (Fsp3) is 0.0714. The molecule has 1 aliphatic rings. The van der Waals surface area contributed by atoms with E-state index in [-0.39, 0.29) is 11.7 Å². The van der Waals surface area contributed by atoms with E-state index < -0.39 is 6.17 Å². The van der Waals surface area contributed by atoms with Crippen LogP contribution in [0, 0.1) is 0 Å². The standard InChI is InChI=1S/C28H21ClN6O2S/c29-21-15-13-20(14-16-21)27-34(22-10-5-2-6-11-22)33-26(19-8-3-1-4-9-19)35(27)32-24(36)18-38-28-31-25-23(37-28)12-7-17-30-25/h1-17,27H,18H2,(H,32,36). The number of thioether (sulfide) groups is 1. The average Bonchev–Trinajstić information content (AvgIpc) is 3.55. The SMILES string of the molecule is O=C(CSc1nc2ncccc2o1)NN1C(c2ccccc2)=NN(c2ccccc2)C1c1ccc(Cl)cc1. The summed E-state index contributed by atoms with van der Waals surface area (Å²) in [5.41, 5.74) is 6.82. The number of fused-ring (bicyclic) bond motifs is 1. The molecule has 0 bridgehead atoms. The van der Waals surface area contributed by atoms with Gasteiger partial charge < -0.3 is 4.42 Å². The first-order valence-corrected chi connectivity index (χ1v) is 13.2. The number of para-hydroxylation sites is 1. The molecule has 3 aromatic carbocycles. The molecule has 8 nitrogen and oxygen atoms in total. The van der Waals surface area contributed by atoms with Gasteiger partial charge in [-0.3, -0.25) is 10.2 Å². The Balaban J connectivity index is 1.32. The quantitative estimate of drug-likeness (QED) is 0.258. The van der Waals surface area contributed by atoms with Gasteiger partial charge in [0.2, 0.25) is 5.91 Å². The van der Waals surface area contributed by atoms with Crippen LogP contribution in [0.25, 0.3) is 11.2 Å².